The van der Waals surface area contributed by atoms with Crippen LogP contribution in [0.5, 0.6) is 0 Å². The van der Waals surface area contributed by atoms with E-state index in [1.165, 1.54) is 0 Å². The SMILES string of the molecule is [Bi].[Fe].[K].[Mo].[Ni].[Sb]. The maximum Gasteiger partial charge on any atom is 0 e. The van der Waals surface area contributed by atoms with Crippen LogP contribution in [0.15, 0.2) is 0 Å². The molecule has 0 saturated carbocycles. The predicted octanol–water partition coefficient (Wildman–Crippen LogP) is -1.15. The van der Waals surface area contributed by atoms with Crippen LogP contribution in [0.4, 0.5) is 0 Å². The first-order valence-electron chi connectivity index (χ1n) is 0. The van der Waals surface area contributed by atoms with Gasteiger partial charge in [-0.25, -0.2) is 0 Å². The van der Waals surface area contributed by atoms with Crippen LogP contribution >= 0.6 is 0 Å². The largest absolute Gasteiger partial charge is 0 e. The Morgan fingerprint density at radius 3 is 1.00 bits per heavy atom. The molecule has 0 aromatic carbocycles. The number of rotatable bonds is 0. The molecule has 0 fully saturated rings. The molecule has 35 valence electrons. The summed E-state index contributed by atoms with van der Waals surface area (Å²) in [6.07, 6.45) is 0. The van der Waals surface area contributed by atoms with Crippen LogP contribution in [-0.2, 0) is 54.6 Å². The third kappa shape index (κ3) is 23.0. The molecule has 6 heavy (non-hydrogen) atoms. The Bertz CT molecular complexity index is 15.5. The van der Waals surface area contributed by atoms with Crippen molar-refractivity contribution in [2.24, 2.45) is 0 Å². The van der Waals surface area contributed by atoms with Crippen LogP contribution in [0, 0.1) is 0 Å². The van der Waals surface area contributed by atoms with Crippen molar-refractivity contribution in [1.29, 1.82) is 0 Å². The molecule has 0 aromatic rings. The molecule has 0 aliphatic carbocycles. The minimum Gasteiger partial charge on any atom is 0 e. The summed E-state index contributed by atoms with van der Waals surface area (Å²) in [5.74, 6) is 0. The van der Waals surface area contributed by atoms with Gasteiger partial charge in [0.25, 0.3) is 0 Å². The molecule has 0 unspecified atom stereocenters. The van der Waals surface area contributed by atoms with Crippen LogP contribution in [0.1, 0.15) is 0 Å². The molecule has 0 amide bonds. The Morgan fingerprint density at radius 2 is 1.00 bits per heavy atom. The summed E-state index contributed by atoms with van der Waals surface area (Å²) in [7, 11) is 0. The van der Waals surface area contributed by atoms with E-state index in [0.717, 1.165) is 0 Å². The van der Waals surface area contributed by atoms with Crippen molar-refractivity contribution in [2.45, 2.75) is 0 Å². The monoisotopic (exact) mass is 581 g/mol. The van der Waals surface area contributed by atoms with Gasteiger partial charge in [0.15, 0.2) is 0 Å². The summed E-state index contributed by atoms with van der Waals surface area (Å²) in [4.78, 5) is 0. The molecule has 0 nitrogen and oxygen atoms in total. The Kier molecular flexibility index (Phi) is 236. The molecule has 0 bridgehead atoms. The van der Waals surface area contributed by atoms with Crippen molar-refractivity contribution in [3.05, 3.63) is 0 Å². The zero-order valence-electron chi connectivity index (χ0n) is 2.97. The fourth-order valence-corrected chi connectivity index (χ4v) is 0. The second-order valence-electron chi connectivity index (χ2n) is 0. The molecule has 6 heteroatoms. The van der Waals surface area contributed by atoms with E-state index >= 15 is 0 Å². The van der Waals surface area contributed by atoms with E-state index in [-0.39, 0.29) is 157 Å². The van der Waals surface area contributed by atoms with Crippen LogP contribution in [0.25, 0.3) is 0 Å². The van der Waals surface area contributed by atoms with Gasteiger partial charge in [-0.15, -0.1) is 0 Å². The van der Waals surface area contributed by atoms with E-state index in [9.17, 15) is 0 Å². The van der Waals surface area contributed by atoms with Crippen LogP contribution in [-0.4, -0.2) is 102 Å². The molecule has 0 saturated heterocycles. The van der Waals surface area contributed by atoms with E-state index < -0.39 is 0 Å². The Balaban J connectivity index is 0. The topological polar surface area (TPSA) is 0 Å². The van der Waals surface area contributed by atoms with Crippen molar-refractivity contribution in [3.8, 4) is 0 Å². The molecular formula is BiFeKMoNiSb. The molecule has 0 aliphatic heterocycles. The van der Waals surface area contributed by atoms with Crippen molar-refractivity contribution in [1.82, 2.24) is 0 Å². The van der Waals surface area contributed by atoms with Crippen LogP contribution < -0.4 is 0 Å². The minimum absolute atomic E-state index is 0. The summed E-state index contributed by atoms with van der Waals surface area (Å²) in [5.41, 5.74) is 0. The summed E-state index contributed by atoms with van der Waals surface area (Å²) in [6, 6.07) is 0. The molecule has 0 heterocycles. The molecule has 0 spiro atoms. The smallest absolute Gasteiger partial charge is 0 e. The fraction of sp³-hybridized carbons (Fsp3) is 0. The summed E-state index contributed by atoms with van der Waals surface area (Å²) in [5, 5.41) is 0. The van der Waals surface area contributed by atoms with Gasteiger partial charge in [0, 0.05) is 157 Å². The van der Waals surface area contributed by atoms with Gasteiger partial charge in [-0.2, -0.15) is 0 Å². The van der Waals surface area contributed by atoms with Gasteiger partial charge in [-0.1, -0.05) is 0 Å². The molecule has 0 aromatic heterocycles. The molecule has 0 aliphatic rings. The van der Waals surface area contributed by atoms with E-state index in [1.54, 1.807) is 0 Å². The normalized spacial score (nSPS) is 0. The van der Waals surface area contributed by atoms with E-state index in [4.69, 9.17) is 0 Å². The van der Waals surface area contributed by atoms with Gasteiger partial charge in [0.05, 0.1) is 0 Å². The second kappa shape index (κ2) is 32.3. The molecule has 0 atom stereocenters. The average Bonchev–Trinajstić information content (AvgIpc) is 0. The molecule has 0 rings (SSSR count). The summed E-state index contributed by atoms with van der Waals surface area (Å²) in [6.45, 7) is 0. The van der Waals surface area contributed by atoms with E-state index in [0.29, 0.717) is 0 Å². The zero-order valence-corrected chi connectivity index (χ0v) is 16.2. The van der Waals surface area contributed by atoms with Gasteiger partial charge in [-0.05, 0) is 0 Å². The fourth-order valence-electron chi connectivity index (χ4n) is 0. The molecule has 7 radical (unpaired) electrons. The maximum absolute atomic E-state index is 0. The molecular weight excluding hydrogens is 580 g/mol. The van der Waals surface area contributed by atoms with Crippen molar-refractivity contribution < 1.29 is 54.6 Å². The van der Waals surface area contributed by atoms with E-state index in [1.807, 2.05) is 0 Å². The maximum atomic E-state index is 0. The third-order valence-corrected chi connectivity index (χ3v) is 0. The van der Waals surface area contributed by atoms with Crippen molar-refractivity contribution in [3.63, 3.8) is 0 Å². The van der Waals surface area contributed by atoms with Crippen LogP contribution in [0.2, 0.25) is 0 Å². The Labute approximate surface area is 152 Å². The second-order valence-corrected chi connectivity index (χ2v) is 0. The average molecular weight is 580 g/mol. The number of hydrogen-bond acceptors (Lipinski definition) is 0. The standard InChI is InChI=1S/Bi.Fe.K.Mo.Ni.Sb. The van der Waals surface area contributed by atoms with Gasteiger partial charge in [0.1, 0.15) is 0 Å². The third-order valence-electron chi connectivity index (χ3n) is 0. The van der Waals surface area contributed by atoms with Crippen molar-refractivity contribution in [2.75, 3.05) is 0 Å². The summed E-state index contributed by atoms with van der Waals surface area (Å²) < 4.78 is 0. The molecule has 0 N–H and O–H groups in total. The summed E-state index contributed by atoms with van der Waals surface area (Å²) >= 11 is 0. The first kappa shape index (κ1) is 43.8. The van der Waals surface area contributed by atoms with Gasteiger partial charge in [0.2, 0.25) is 0 Å². The minimum atomic E-state index is 0. The van der Waals surface area contributed by atoms with E-state index in [2.05, 4.69) is 0 Å². The predicted molar refractivity (Wildman–Crippen MR) is 17.3 cm³/mol. The van der Waals surface area contributed by atoms with Gasteiger partial charge >= 0.3 is 0 Å². The Morgan fingerprint density at radius 1 is 1.00 bits per heavy atom. The van der Waals surface area contributed by atoms with Gasteiger partial charge < -0.3 is 0 Å². The Hall–Kier alpha value is 5.04. The first-order valence-corrected chi connectivity index (χ1v) is 0. The quantitative estimate of drug-likeness (QED) is 0.318. The number of hydrogen-bond donors (Lipinski definition) is 0. The van der Waals surface area contributed by atoms with Gasteiger partial charge in [-0.3, -0.25) is 0 Å². The van der Waals surface area contributed by atoms with Crippen LogP contribution in [0.3, 0.4) is 0 Å². The van der Waals surface area contributed by atoms with Crippen molar-refractivity contribution >= 4 is 102 Å². The first-order chi connectivity index (χ1) is 0. The zero-order chi connectivity index (χ0) is 0.